The van der Waals surface area contributed by atoms with Gasteiger partial charge in [-0.25, -0.2) is 0 Å². The van der Waals surface area contributed by atoms with Crippen LogP contribution < -0.4 is 5.32 Å². The minimum Gasteiger partial charge on any atom is -0.388 e. The van der Waals surface area contributed by atoms with Crippen molar-refractivity contribution in [2.75, 3.05) is 5.32 Å². The molecule has 1 aromatic heterocycles. The van der Waals surface area contributed by atoms with Crippen molar-refractivity contribution in [3.63, 3.8) is 0 Å². The largest absolute Gasteiger partial charge is 0.416 e. The van der Waals surface area contributed by atoms with Gasteiger partial charge in [0.25, 0.3) is 0 Å². The third-order valence-electron chi connectivity index (χ3n) is 4.98. The van der Waals surface area contributed by atoms with Crippen LogP contribution in [0.5, 0.6) is 0 Å². The van der Waals surface area contributed by atoms with Gasteiger partial charge in [0.15, 0.2) is 0 Å². The summed E-state index contributed by atoms with van der Waals surface area (Å²) >= 11 is 0. The zero-order valence-corrected chi connectivity index (χ0v) is 14.6. The lowest BCUT2D eigenvalue weighted by Gasteiger charge is -2.25. The van der Waals surface area contributed by atoms with E-state index in [2.05, 4.69) is 5.32 Å². The average Bonchev–Trinajstić information content (AvgIpc) is 2.65. The molecule has 0 fully saturated rings. The number of aliphatic hydroxyl groups excluding tert-OH is 1. The van der Waals surface area contributed by atoms with Crippen molar-refractivity contribution in [3.8, 4) is 0 Å². The van der Waals surface area contributed by atoms with Crippen LogP contribution in [0.25, 0.3) is 10.9 Å². The summed E-state index contributed by atoms with van der Waals surface area (Å²) in [6, 6.07) is 12.8. The van der Waals surface area contributed by atoms with Gasteiger partial charge in [-0.1, -0.05) is 30.3 Å². The molecule has 4 rings (SSSR count). The molecule has 1 aliphatic carbocycles. The van der Waals surface area contributed by atoms with Crippen molar-refractivity contribution in [3.05, 3.63) is 70.9 Å². The maximum absolute atomic E-state index is 12.7. The molecular formula is C21H19F3N2O. The van der Waals surface area contributed by atoms with Gasteiger partial charge in [-0.2, -0.15) is 13.2 Å². The number of nitrogens with one attached hydrogen (secondary N) is 1. The number of aliphatic hydroxyl groups is 1. The minimum absolute atomic E-state index is 0.366. The summed E-state index contributed by atoms with van der Waals surface area (Å²) in [6.07, 6.45) is -2.54. The van der Waals surface area contributed by atoms with Crippen molar-refractivity contribution >= 4 is 16.6 Å². The molecule has 3 nitrogen and oxygen atoms in total. The first kappa shape index (κ1) is 17.8. The van der Waals surface area contributed by atoms with E-state index in [9.17, 15) is 18.3 Å². The van der Waals surface area contributed by atoms with Gasteiger partial charge in [-0.05, 0) is 43.0 Å². The van der Waals surface area contributed by atoms with Crippen LogP contribution in [0.2, 0.25) is 0 Å². The second kappa shape index (κ2) is 6.85. The third kappa shape index (κ3) is 3.49. The fraction of sp³-hybridized carbons (Fsp3) is 0.286. The lowest BCUT2D eigenvalue weighted by molar-refractivity contribution is -0.137. The number of benzene rings is 2. The van der Waals surface area contributed by atoms with Gasteiger partial charge in [0.2, 0.25) is 0 Å². The van der Waals surface area contributed by atoms with Gasteiger partial charge in [-0.3, -0.25) is 4.98 Å². The third-order valence-corrected chi connectivity index (χ3v) is 4.98. The van der Waals surface area contributed by atoms with E-state index in [4.69, 9.17) is 4.98 Å². The van der Waals surface area contributed by atoms with Crippen LogP contribution in [0.1, 0.15) is 41.3 Å². The molecule has 0 saturated carbocycles. The number of para-hydroxylation sites is 1. The van der Waals surface area contributed by atoms with Gasteiger partial charge in [0.1, 0.15) is 0 Å². The number of anilines is 1. The quantitative estimate of drug-likeness (QED) is 0.661. The van der Waals surface area contributed by atoms with Gasteiger partial charge in [0, 0.05) is 23.2 Å². The summed E-state index contributed by atoms with van der Waals surface area (Å²) in [5.41, 5.74) is 3.45. The van der Waals surface area contributed by atoms with Crippen LogP contribution in [0.15, 0.2) is 48.5 Å². The van der Waals surface area contributed by atoms with E-state index >= 15 is 0 Å². The smallest absolute Gasteiger partial charge is 0.388 e. The highest BCUT2D eigenvalue weighted by Crippen LogP contribution is 2.38. The molecule has 1 unspecified atom stereocenters. The number of aryl methyl sites for hydroxylation is 1. The molecule has 0 radical (unpaired) electrons. The molecule has 2 aromatic carbocycles. The number of hydrogen-bond donors (Lipinski definition) is 2. The Labute approximate surface area is 154 Å². The van der Waals surface area contributed by atoms with Crippen molar-refractivity contribution in [1.82, 2.24) is 4.98 Å². The summed E-state index contributed by atoms with van der Waals surface area (Å²) in [5, 5.41) is 14.8. The molecular weight excluding hydrogens is 353 g/mol. The highest BCUT2D eigenvalue weighted by molar-refractivity contribution is 5.93. The summed E-state index contributed by atoms with van der Waals surface area (Å²) in [7, 11) is 0. The maximum Gasteiger partial charge on any atom is 0.416 e. The predicted molar refractivity (Wildman–Crippen MR) is 98.4 cm³/mol. The highest BCUT2D eigenvalue weighted by Gasteiger charge is 2.30. The highest BCUT2D eigenvalue weighted by atomic mass is 19.4. The monoisotopic (exact) mass is 372 g/mol. The molecule has 1 heterocycles. The average molecular weight is 372 g/mol. The maximum atomic E-state index is 12.7. The van der Waals surface area contributed by atoms with Crippen molar-refractivity contribution in [2.45, 2.75) is 38.1 Å². The second-order valence-electron chi connectivity index (χ2n) is 6.82. The number of hydrogen-bond acceptors (Lipinski definition) is 3. The topological polar surface area (TPSA) is 45.2 Å². The number of alkyl halides is 3. The molecule has 0 amide bonds. The molecule has 6 heteroatoms. The Morgan fingerprint density at radius 2 is 1.81 bits per heavy atom. The van der Waals surface area contributed by atoms with E-state index in [1.807, 2.05) is 24.3 Å². The predicted octanol–water partition coefficient (Wildman–Crippen LogP) is 5.24. The second-order valence-corrected chi connectivity index (χ2v) is 6.82. The van der Waals surface area contributed by atoms with Gasteiger partial charge < -0.3 is 10.4 Å². The zero-order chi connectivity index (χ0) is 19.0. The van der Waals surface area contributed by atoms with Crippen LogP contribution in [-0.2, 0) is 19.1 Å². The number of aromatic nitrogens is 1. The standard InChI is InChI=1S/C21H19F3N2O/c22-21(23,24)14-10-8-13(9-11-14)12-25-20-15-4-1-2-5-16(15)26-17-6-3-7-18(27)19(17)20/h1-2,4-5,8-11,18,27H,3,6-7,12H2,(H,25,26). The Bertz CT molecular complexity index is 968. The molecule has 3 aromatic rings. The van der Waals surface area contributed by atoms with E-state index in [1.165, 1.54) is 12.1 Å². The molecule has 0 spiro atoms. The van der Waals surface area contributed by atoms with Crippen LogP contribution in [-0.4, -0.2) is 10.1 Å². The normalized spacial score (nSPS) is 17.0. The Morgan fingerprint density at radius 3 is 2.56 bits per heavy atom. The van der Waals surface area contributed by atoms with Crippen LogP contribution in [0, 0.1) is 0 Å². The first-order valence-corrected chi connectivity index (χ1v) is 8.93. The van der Waals surface area contributed by atoms with E-state index in [0.717, 1.165) is 58.4 Å². The molecule has 0 aliphatic heterocycles. The van der Waals surface area contributed by atoms with Gasteiger partial charge in [-0.15, -0.1) is 0 Å². The zero-order valence-electron chi connectivity index (χ0n) is 14.6. The Hall–Kier alpha value is -2.60. The lowest BCUT2D eigenvalue weighted by Crippen LogP contribution is -2.15. The summed E-state index contributed by atoms with van der Waals surface area (Å²) < 4.78 is 38.2. The minimum atomic E-state index is -4.34. The summed E-state index contributed by atoms with van der Waals surface area (Å²) in [5.74, 6) is 0. The molecule has 0 saturated heterocycles. The summed E-state index contributed by atoms with van der Waals surface area (Å²) in [4.78, 5) is 4.70. The van der Waals surface area contributed by atoms with Crippen LogP contribution in [0.3, 0.4) is 0 Å². The van der Waals surface area contributed by atoms with E-state index in [1.54, 1.807) is 0 Å². The fourth-order valence-corrected chi connectivity index (χ4v) is 3.63. The molecule has 0 bridgehead atoms. The molecule has 1 atom stereocenters. The van der Waals surface area contributed by atoms with Crippen LogP contribution >= 0.6 is 0 Å². The van der Waals surface area contributed by atoms with Gasteiger partial charge in [0.05, 0.1) is 22.9 Å². The lowest BCUT2D eigenvalue weighted by atomic mass is 9.90. The Morgan fingerprint density at radius 1 is 1.07 bits per heavy atom. The SMILES string of the molecule is OC1CCCc2nc3ccccc3c(NCc3ccc(C(F)(F)F)cc3)c21. The molecule has 140 valence electrons. The first-order valence-electron chi connectivity index (χ1n) is 8.93. The number of halogens is 3. The van der Waals surface area contributed by atoms with E-state index in [0.29, 0.717) is 13.0 Å². The number of fused-ring (bicyclic) bond motifs is 2. The summed E-state index contributed by atoms with van der Waals surface area (Å²) in [6.45, 7) is 0.366. The van der Waals surface area contributed by atoms with Crippen molar-refractivity contribution in [2.24, 2.45) is 0 Å². The van der Waals surface area contributed by atoms with Gasteiger partial charge >= 0.3 is 6.18 Å². The van der Waals surface area contributed by atoms with Crippen molar-refractivity contribution < 1.29 is 18.3 Å². The number of nitrogens with zero attached hydrogens (tertiary/aromatic N) is 1. The molecule has 1 aliphatic rings. The number of rotatable bonds is 3. The van der Waals surface area contributed by atoms with Crippen molar-refractivity contribution in [1.29, 1.82) is 0 Å². The molecule has 2 N–H and O–H groups in total. The Balaban J connectivity index is 1.68. The first-order chi connectivity index (χ1) is 12.9. The molecule has 27 heavy (non-hydrogen) atoms. The van der Waals surface area contributed by atoms with E-state index < -0.39 is 17.8 Å². The Kier molecular flexibility index (Phi) is 4.52. The number of pyridine rings is 1. The van der Waals surface area contributed by atoms with E-state index in [-0.39, 0.29) is 0 Å². The fourth-order valence-electron chi connectivity index (χ4n) is 3.63. The van der Waals surface area contributed by atoms with Crippen LogP contribution in [0.4, 0.5) is 18.9 Å².